The average molecular weight is 336 g/mol. The van der Waals surface area contributed by atoms with Crippen LogP contribution in [0.5, 0.6) is 0 Å². The quantitative estimate of drug-likeness (QED) is 0.495. The van der Waals surface area contributed by atoms with Crippen molar-refractivity contribution in [1.82, 2.24) is 4.98 Å². The van der Waals surface area contributed by atoms with Gasteiger partial charge in [0.15, 0.2) is 7.85 Å². The van der Waals surface area contributed by atoms with E-state index in [1.165, 1.54) is 74.5 Å². The smallest absolute Gasteiger partial charge is 0.164 e. The summed E-state index contributed by atoms with van der Waals surface area (Å²) in [5.74, 6) is 0. The van der Waals surface area contributed by atoms with Crippen LogP contribution in [0.1, 0.15) is 45.6 Å². The standard InChI is InChI=1S/C18H30B7N/c1-4-18(5-2,6-3)10-13(22)15(24)16(26-17(10)25)8-7-9(19)12(21)14(23)11(8)20/h7H,4-6,19-25H2,1-3H3. The summed E-state index contributed by atoms with van der Waals surface area (Å²) in [6, 6.07) is 2.33. The van der Waals surface area contributed by atoms with E-state index >= 15 is 0 Å². The maximum atomic E-state index is 5.19. The van der Waals surface area contributed by atoms with Gasteiger partial charge < -0.3 is 0 Å². The molecule has 2 rings (SSSR count). The van der Waals surface area contributed by atoms with E-state index in [0.717, 1.165) is 0 Å². The first-order valence-corrected chi connectivity index (χ1v) is 10.2. The highest BCUT2D eigenvalue weighted by molar-refractivity contribution is 6.64. The topological polar surface area (TPSA) is 12.9 Å². The fourth-order valence-electron chi connectivity index (χ4n) is 4.73. The van der Waals surface area contributed by atoms with Gasteiger partial charge in [0.25, 0.3) is 0 Å². The molecule has 8 heteroatoms. The van der Waals surface area contributed by atoms with Crippen LogP contribution in [-0.2, 0) is 5.41 Å². The molecule has 128 valence electrons. The minimum Gasteiger partial charge on any atom is -0.264 e. The zero-order valence-corrected chi connectivity index (χ0v) is 18.6. The summed E-state index contributed by atoms with van der Waals surface area (Å²) in [7, 11) is 15.7. The van der Waals surface area contributed by atoms with Crippen molar-refractivity contribution in [3.8, 4) is 11.3 Å². The van der Waals surface area contributed by atoms with E-state index in [1.807, 2.05) is 0 Å². The van der Waals surface area contributed by atoms with E-state index in [-0.39, 0.29) is 5.41 Å². The van der Waals surface area contributed by atoms with E-state index in [9.17, 15) is 0 Å². The molecule has 0 N–H and O–H groups in total. The molecule has 0 unspecified atom stereocenters. The van der Waals surface area contributed by atoms with Crippen LogP contribution in [0.3, 0.4) is 0 Å². The maximum absolute atomic E-state index is 5.19. The number of aromatic nitrogens is 1. The van der Waals surface area contributed by atoms with Gasteiger partial charge in [0.2, 0.25) is 0 Å². The van der Waals surface area contributed by atoms with Crippen LogP contribution in [0.15, 0.2) is 6.07 Å². The van der Waals surface area contributed by atoms with Gasteiger partial charge in [0.1, 0.15) is 47.1 Å². The minimum atomic E-state index is 0.249. The second-order valence-corrected chi connectivity index (χ2v) is 8.13. The van der Waals surface area contributed by atoms with E-state index in [4.69, 9.17) is 4.98 Å². The lowest BCUT2D eigenvalue weighted by Gasteiger charge is -2.35. The molecule has 26 heavy (non-hydrogen) atoms. The molecule has 0 fully saturated rings. The molecule has 0 bridgehead atoms. The molecule has 0 radical (unpaired) electrons. The molecular weight excluding hydrogens is 306 g/mol. The maximum Gasteiger partial charge on any atom is 0.164 e. The molecule has 0 saturated carbocycles. The minimum absolute atomic E-state index is 0.249. The van der Waals surface area contributed by atoms with Crippen LogP contribution >= 0.6 is 0 Å². The van der Waals surface area contributed by atoms with E-state index in [1.54, 1.807) is 0 Å². The third-order valence-corrected chi connectivity index (χ3v) is 7.23. The van der Waals surface area contributed by atoms with E-state index in [0.29, 0.717) is 0 Å². The van der Waals surface area contributed by atoms with Crippen molar-refractivity contribution >= 4 is 93.3 Å². The van der Waals surface area contributed by atoms with Crippen molar-refractivity contribution in [3.63, 3.8) is 0 Å². The molecule has 0 spiro atoms. The Morgan fingerprint density at radius 1 is 0.731 bits per heavy atom. The Kier molecular flexibility index (Phi) is 6.36. The Labute approximate surface area is 166 Å². The largest absolute Gasteiger partial charge is 0.264 e. The predicted molar refractivity (Wildman–Crippen MR) is 139 cm³/mol. The molecule has 0 saturated heterocycles. The lowest BCUT2D eigenvalue weighted by Crippen LogP contribution is -2.50. The molecule has 0 aliphatic heterocycles. The molecule has 1 nitrogen and oxygen atoms in total. The van der Waals surface area contributed by atoms with Crippen LogP contribution in [0.25, 0.3) is 11.3 Å². The number of hydrogen-bond donors (Lipinski definition) is 0. The van der Waals surface area contributed by atoms with Gasteiger partial charge in [0, 0.05) is 0 Å². The summed E-state index contributed by atoms with van der Waals surface area (Å²) in [6.45, 7) is 6.98. The molecule has 1 heterocycles. The van der Waals surface area contributed by atoms with Gasteiger partial charge in [-0.25, -0.2) is 0 Å². The number of hydrogen-bond acceptors (Lipinski definition) is 1. The fraction of sp³-hybridized carbons (Fsp3) is 0.389. The van der Waals surface area contributed by atoms with Gasteiger partial charge in [0.05, 0.1) is 5.69 Å². The van der Waals surface area contributed by atoms with Crippen LogP contribution < -0.4 is 38.4 Å². The van der Waals surface area contributed by atoms with Crippen LogP contribution in [0, 0.1) is 0 Å². The zero-order chi connectivity index (χ0) is 19.8. The highest BCUT2D eigenvalue weighted by atomic mass is 14.7. The van der Waals surface area contributed by atoms with Crippen molar-refractivity contribution in [1.29, 1.82) is 0 Å². The lowest BCUT2D eigenvalue weighted by atomic mass is 9.61. The molecule has 0 amide bonds. The lowest BCUT2D eigenvalue weighted by molar-refractivity contribution is 0.385. The van der Waals surface area contributed by atoms with Gasteiger partial charge >= 0.3 is 0 Å². The molecular formula is C18H30B7N. The van der Waals surface area contributed by atoms with Gasteiger partial charge in [-0.2, -0.15) is 0 Å². The van der Waals surface area contributed by atoms with Crippen LogP contribution in [0.4, 0.5) is 0 Å². The molecule has 1 aromatic heterocycles. The number of benzene rings is 1. The summed E-state index contributed by atoms with van der Waals surface area (Å²) in [5.41, 5.74) is 13.7. The fourth-order valence-corrected chi connectivity index (χ4v) is 4.73. The van der Waals surface area contributed by atoms with Gasteiger partial charge in [-0.3, -0.25) is 4.98 Å². The second kappa shape index (κ2) is 7.83. The van der Waals surface area contributed by atoms with Crippen molar-refractivity contribution in [2.24, 2.45) is 0 Å². The SMILES string of the molecule is Bc1cc(-c2nc(B)c(C(CC)(CC)CC)c(B)c2B)c(B)c(B)c1B. The van der Waals surface area contributed by atoms with Crippen LogP contribution in [-0.4, -0.2) is 59.9 Å². The predicted octanol–water partition coefficient (Wildman–Crippen LogP) is -6.97. The zero-order valence-electron chi connectivity index (χ0n) is 18.6. The van der Waals surface area contributed by atoms with Crippen LogP contribution in [0.2, 0.25) is 0 Å². The van der Waals surface area contributed by atoms with Gasteiger partial charge in [-0.15, -0.1) is 10.9 Å². The first-order chi connectivity index (χ1) is 12.1. The second-order valence-electron chi connectivity index (χ2n) is 8.13. The number of nitrogens with zero attached hydrogens (tertiary/aromatic N) is 1. The molecule has 2 aromatic rings. The highest BCUT2D eigenvalue weighted by Gasteiger charge is 2.31. The van der Waals surface area contributed by atoms with Crippen molar-refractivity contribution in [2.45, 2.75) is 45.4 Å². The van der Waals surface area contributed by atoms with E-state index in [2.05, 4.69) is 81.8 Å². The number of pyridine rings is 1. The third-order valence-electron chi connectivity index (χ3n) is 7.23. The van der Waals surface area contributed by atoms with Gasteiger partial charge in [-0.05, 0) is 41.4 Å². The Morgan fingerprint density at radius 3 is 1.77 bits per heavy atom. The summed E-state index contributed by atoms with van der Waals surface area (Å²) < 4.78 is 0. The summed E-state index contributed by atoms with van der Waals surface area (Å²) in [6.07, 6.45) is 3.51. The van der Waals surface area contributed by atoms with Crippen molar-refractivity contribution in [3.05, 3.63) is 11.6 Å². The molecule has 1 aromatic carbocycles. The molecule has 0 aliphatic rings. The first-order valence-electron chi connectivity index (χ1n) is 10.2. The first kappa shape index (κ1) is 21.1. The highest BCUT2D eigenvalue weighted by Crippen LogP contribution is 2.32. The Morgan fingerprint density at radius 2 is 1.27 bits per heavy atom. The normalized spacial score (nSPS) is 11.7. The van der Waals surface area contributed by atoms with E-state index < -0.39 is 0 Å². The molecule has 0 aliphatic carbocycles. The summed E-state index contributed by atoms with van der Waals surface area (Å²) in [5, 5.41) is 0. The monoisotopic (exact) mass is 337 g/mol. The Hall–Kier alpha value is -1.18. The Bertz CT molecular complexity index is 836. The van der Waals surface area contributed by atoms with Crippen molar-refractivity contribution in [2.75, 3.05) is 0 Å². The number of rotatable bonds is 5. The summed E-state index contributed by atoms with van der Waals surface area (Å²) in [4.78, 5) is 5.19. The third kappa shape index (κ3) is 3.25. The summed E-state index contributed by atoms with van der Waals surface area (Å²) >= 11 is 0. The van der Waals surface area contributed by atoms with Crippen molar-refractivity contribution < 1.29 is 0 Å². The average Bonchev–Trinajstić information content (AvgIpc) is 2.63. The Balaban J connectivity index is 2.82. The molecule has 0 atom stereocenters. The van der Waals surface area contributed by atoms with Gasteiger partial charge in [-0.1, -0.05) is 48.7 Å².